The number of benzene rings is 1. The number of imide groups is 1. The number of nitrogens with one attached hydrogen (secondary N) is 3. The molecular formula is C17H21N3O3. The number of hydrogen-bond acceptors (Lipinski definition) is 3. The number of carbonyl (C=O) groups excluding carboxylic acids is 3. The summed E-state index contributed by atoms with van der Waals surface area (Å²) < 4.78 is 0. The molecule has 1 aliphatic heterocycles. The van der Waals surface area contributed by atoms with Gasteiger partial charge in [-0.05, 0) is 48.8 Å². The van der Waals surface area contributed by atoms with Gasteiger partial charge in [-0.2, -0.15) is 0 Å². The molecule has 1 aromatic carbocycles. The SMILES string of the molecule is O=C(CC[C@@H]1NC(=O)NC1=O)NCc1ccc2c(c1)CCCC2. The van der Waals surface area contributed by atoms with Gasteiger partial charge in [0.25, 0.3) is 5.91 Å². The van der Waals surface area contributed by atoms with E-state index in [1.807, 2.05) is 0 Å². The topological polar surface area (TPSA) is 87.3 Å². The lowest BCUT2D eigenvalue weighted by atomic mass is 9.90. The van der Waals surface area contributed by atoms with Gasteiger partial charge in [-0.15, -0.1) is 0 Å². The van der Waals surface area contributed by atoms with Crippen molar-refractivity contribution in [3.8, 4) is 0 Å². The highest BCUT2D eigenvalue weighted by Gasteiger charge is 2.29. The largest absolute Gasteiger partial charge is 0.352 e. The van der Waals surface area contributed by atoms with Crippen molar-refractivity contribution in [1.82, 2.24) is 16.0 Å². The van der Waals surface area contributed by atoms with Crippen molar-refractivity contribution in [1.29, 1.82) is 0 Å². The lowest BCUT2D eigenvalue weighted by molar-refractivity contribution is -0.122. The molecule has 23 heavy (non-hydrogen) atoms. The molecule has 6 heteroatoms. The monoisotopic (exact) mass is 315 g/mol. The minimum atomic E-state index is -0.600. The second kappa shape index (κ2) is 6.81. The minimum Gasteiger partial charge on any atom is -0.352 e. The quantitative estimate of drug-likeness (QED) is 0.713. The van der Waals surface area contributed by atoms with E-state index in [9.17, 15) is 14.4 Å². The molecule has 6 nitrogen and oxygen atoms in total. The third-order valence-electron chi connectivity index (χ3n) is 4.42. The number of amides is 4. The molecule has 0 bridgehead atoms. The van der Waals surface area contributed by atoms with Gasteiger partial charge >= 0.3 is 6.03 Å². The highest BCUT2D eigenvalue weighted by Crippen LogP contribution is 2.22. The van der Waals surface area contributed by atoms with E-state index in [0.29, 0.717) is 13.0 Å². The Balaban J connectivity index is 1.45. The first-order chi connectivity index (χ1) is 11.1. The first-order valence-corrected chi connectivity index (χ1v) is 8.10. The van der Waals surface area contributed by atoms with Crippen LogP contribution in [0.5, 0.6) is 0 Å². The predicted molar refractivity (Wildman–Crippen MR) is 84.6 cm³/mol. The summed E-state index contributed by atoms with van der Waals surface area (Å²) in [5.41, 5.74) is 3.92. The fourth-order valence-corrected chi connectivity index (χ4v) is 3.12. The maximum atomic E-state index is 11.9. The number of fused-ring (bicyclic) bond motifs is 1. The molecule has 0 aromatic heterocycles. The van der Waals surface area contributed by atoms with Crippen LogP contribution in [0.25, 0.3) is 0 Å². The number of carbonyl (C=O) groups is 3. The van der Waals surface area contributed by atoms with Crippen molar-refractivity contribution >= 4 is 17.8 Å². The molecule has 3 rings (SSSR count). The number of urea groups is 1. The molecular weight excluding hydrogens is 294 g/mol. The van der Waals surface area contributed by atoms with Crippen LogP contribution < -0.4 is 16.0 Å². The molecule has 4 amide bonds. The van der Waals surface area contributed by atoms with Gasteiger partial charge in [0.05, 0.1) is 0 Å². The van der Waals surface area contributed by atoms with Gasteiger partial charge in [0.1, 0.15) is 6.04 Å². The lowest BCUT2D eigenvalue weighted by Crippen LogP contribution is -2.31. The van der Waals surface area contributed by atoms with E-state index in [0.717, 1.165) is 18.4 Å². The Morgan fingerprint density at radius 3 is 2.70 bits per heavy atom. The summed E-state index contributed by atoms with van der Waals surface area (Å²) in [5, 5.41) is 7.52. The van der Waals surface area contributed by atoms with Crippen molar-refractivity contribution in [2.45, 2.75) is 51.1 Å². The maximum Gasteiger partial charge on any atom is 0.322 e. The molecule has 0 spiro atoms. The van der Waals surface area contributed by atoms with Crippen LogP contribution in [0.3, 0.4) is 0 Å². The molecule has 0 saturated carbocycles. The van der Waals surface area contributed by atoms with E-state index in [2.05, 4.69) is 34.1 Å². The van der Waals surface area contributed by atoms with E-state index in [4.69, 9.17) is 0 Å². The van der Waals surface area contributed by atoms with Crippen LogP contribution >= 0.6 is 0 Å². The molecule has 1 aromatic rings. The molecule has 1 aliphatic carbocycles. The molecule has 0 radical (unpaired) electrons. The van der Waals surface area contributed by atoms with Crippen LogP contribution in [0.4, 0.5) is 4.79 Å². The average Bonchev–Trinajstić information content (AvgIpc) is 2.88. The first kappa shape index (κ1) is 15.5. The van der Waals surface area contributed by atoms with Crippen LogP contribution in [-0.4, -0.2) is 23.9 Å². The molecule has 1 atom stereocenters. The van der Waals surface area contributed by atoms with Gasteiger partial charge in [0.2, 0.25) is 5.91 Å². The maximum absolute atomic E-state index is 11.9. The molecule has 0 unspecified atom stereocenters. The Morgan fingerprint density at radius 2 is 1.96 bits per heavy atom. The van der Waals surface area contributed by atoms with Crippen molar-refractivity contribution < 1.29 is 14.4 Å². The Hall–Kier alpha value is -2.37. The minimum absolute atomic E-state index is 0.114. The van der Waals surface area contributed by atoms with E-state index in [1.165, 1.54) is 24.0 Å². The fourth-order valence-electron chi connectivity index (χ4n) is 3.12. The molecule has 3 N–H and O–H groups in total. The van der Waals surface area contributed by atoms with Gasteiger partial charge < -0.3 is 10.6 Å². The number of hydrogen-bond donors (Lipinski definition) is 3. The second-order valence-electron chi connectivity index (χ2n) is 6.14. The van der Waals surface area contributed by atoms with Crippen molar-refractivity contribution in [2.24, 2.45) is 0 Å². The normalized spacial score (nSPS) is 19.7. The summed E-state index contributed by atoms with van der Waals surface area (Å²) in [6.07, 6.45) is 5.29. The van der Waals surface area contributed by atoms with E-state index < -0.39 is 12.1 Å². The summed E-state index contributed by atoms with van der Waals surface area (Å²) in [6.45, 7) is 0.495. The number of rotatable bonds is 5. The van der Waals surface area contributed by atoms with Crippen LogP contribution in [0, 0.1) is 0 Å². The Labute approximate surface area is 135 Å². The van der Waals surface area contributed by atoms with Crippen LogP contribution in [0.15, 0.2) is 18.2 Å². The van der Waals surface area contributed by atoms with Gasteiger partial charge in [-0.3, -0.25) is 14.9 Å². The van der Waals surface area contributed by atoms with Crippen molar-refractivity contribution in [3.05, 3.63) is 34.9 Å². The predicted octanol–water partition coefficient (Wildman–Crippen LogP) is 1.17. The smallest absolute Gasteiger partial charge is 0.322 e. The highest BCUT2D eigenvalue weighted by atomic mass is 16.2. The molecule has 1 saturated heterocycles. The molecule has 1 fully saturated rings. The van der Waals surface area contributed by atoms with Gasteiger partial charge in [-0.1, -0.05) is 18.2 Å². The van der Waals surface area contributed by atoms with Crippen molar-refractivity contribution in [2.75, 3.05) is 0 Å². The third-order valence-corrected chi connectivity index (χ3v) is 4.42. The van der Waals surface area contributed by atoms with Crippen LogP contribution in [-0.2, 0) is 29.0 Å². The zero-order chi connectivity index (χ0) is 16.2. The van der Waals surface area contributed by atoms with Crippen LogP contribution in [0.2, 0.25) is 0 Å². The van der Waals surface area contributed by atoms with Gasteiger partial charge in [0.15, 0.2) is 0 Å². The third kappa shape index (κ3) is 3.88. The van der Waals surface area contributed by atoms with Crippen LogP contribution in [0.1, 0.15) is 42.4 Å². The Bertz CT molecular complexity index is 642. The lowest BCUT2D eigenvalue weighted by Gasteiger charge is -2.16. The molecule has 1 heterocycles. The van der Waals surface area contributed by atoms with E-state index in [1.54, 1.807) is 0 Å². The van der Waals surface area contributed by atoms with E-state index in [-0.39, 0.29) is 18.2 Å². The zero-order valence-corrected chi connectivity index (χ0v) is 13.0. The second-order valence-corrected chi connectivity index (χ2v) is 6.14. The molecule has 122 valence electrons. The first-order valence-electron chi connectivity index (χ1n) is 8.10. The molecule has 2 aliphatic rings. The highest BCUT2D eigenvalue weighted by molar-refractivity contribution is 6.04. The van der Waals surface area contributed by atoms with Crippen molar-refractivity contribution in [3.63, 3.8) is 0 Å². The number of aryl methyl sites for hydroxylation is 2. The summed E-state index contributed by atoms with van der Waals surface area (Å²) in [7, 11) is 0. The zero-order valence-electron chi connectivity index (χ0n) is 13.0. The average molecular weight is 315 g/mol. The standard InChI is InChI=1S/C17H21N3O3/c21-15(8-7-14-16(22)20-17(23)19-14)18-10-11-5-6-12-3-1-2-4-13(12)9-11/h5-6,9,14H,1-4,7-8,10H2,(H,18,21)(H2,19,20,22,23)/t14-/m0/s1. The van der Waals surface area contributed by atoms with Gasteiger partial charge in [0, 0.05) is 13.0 Å². The van der Waals surface area contributed by atoms with Gasteiger partial charge in [-0.25, -0.2) is 4.79 Å². The summed E-state index contributed by atoms with van der Waals surface area (Å²) >= 11 is 0. The summed E-state index contributed by atoms with van der Waals surface area (Å²) in [5.74, 6) is -0.478. The summed E-state index contributed by atoms with van der Waals surface area (Å²) in [6, 6.07) is 5.31. The Morgan fingerprint density at radius 1 is 1.17 bits per heavy atom. The fraction of sp³-hybridized carbons (Fsp3) is 0.471. The van der Waals surface area contributed by atoms with E-state index >= 15 is 0 Å². The Kier molecular flexibility index (Phi) is 4.60. The summed E-state index contributed by atoms with van der Waals surface area (Å²) in [4.78, 5) is 34.3.